The van der Waals surface area contributed by atoms with Gasteiger partial charge in [-0.1, -0.05) is 45.6 Å². The van der Waals surface area contributed by atoms with Crippen molar-refractivity contribution in [3.8, 4) is 11.5 Å². The van der Waals surface area contributed by atoms with E-state index in [1.54, 1.807) is 0 Å². The number of phenols is 2. The summed E-state index contributed by atoms with van der Waals surface area (Å²) in [6.45, 7) is 5.04. The fourth-order valence-corrected chi connectivity index (χ4v) is 2.04. The highest BCUT2D eigenvalue weighted by atomic mass is 16.3. The van der Waals surface area contributed by atoms with Crippen LogP contribution in [0.2, 0.25) is 0 Å². The molecule has 1 aromatic carbocycles. The standard InChI is InChI=1S/C16H25NO3/c1-12(2)8-5-3-4-6-11-17-16(20)13-9-7-10-14(18)15(13)19/h7,9-10,12,18-19H,3-6,8,11H2,1-2H3,(H,17,20). The second kappa shape index (κ2) is 8.46. The van der Waals surface area contributed by atoms with Crippen LogP contribution in [0.5, 0.6) is 11.5 Å². The van der Waals surface area contributed by atoms with Gasteiger partial charge >= 0.3 is 0 Å². The second-order valence-corrected chi connectivity index (χ2v) is 5.53. The zero-order valence-electron chi connectivity index (χ0n) is 12.4. The lowest BCUT2D eigenvalue weighted by molar-refractivity contribution is 0.0949. The van der Waals surface area contributed by atoms with Gasteiger partial charge < -0.3 is 15.5 Å². The normalized spacial score (nSPS) is 10.8. The molecule has 0 radical (unpaired) electrons. The third-order valence-electron chi connectivity index (χ3n) is 3.25. The smallest absolute Gasteiger partial charge is 0.255 e. The van der Waals surface area contributed by atoms with Gasteiger partial charge in [-0.15, -0.1) is 0 Å². The van der Waals surface area contributed by atoms with Gasteiger partial charge in [-0.25, -0.2) is 0 Å². The Morgan fingerprint density at radius 2 is 1.85 bits per heavy atom. The Morgan fingerprint density at radius 3 is 2.55 bits per heavy atom. The number of rotatable bonds is 8. The van der Waals surface area contributed by atoms with Crippen LogP contribution < -0.4 is 5.32 Å². The molecule has 0 spiro atoms. The van der Waals surface area contributed by atoms with Gasteiger partial charge in [-0.2, -0.15) is 0 Å². The molecule has 0 fully saturated rings. The maximum Gasteiger partial charge on any atom is 0.255 e. The maximum absolute atomic E-state index is 11.8. The summed E-state index contributed by atoms with van der Waals surface area (Å²) >= 11 is 0. The SMILES string of the molecule is CC(C)CCCCCCNC(=O)c1cccc(O)c1O. The Labute approximate surface area is 120 Å². The molecule has 0 aliphatic rings. The zero-order valence-corrected chi connectivity index (χ0v) is 12.4. The van der Waals surface area contributed by atoms with Crippen LogP contribution >= 0.6 is 0 Å². The predicted molar refractivity (Wildman–Crippen MR) is 80.0 cm³/mol. The van der Waals surface area contributed by atoms with Crippen LogP contribution in [0.15, 0.2) is 18.2 Å². The number of para-hydroxylation sites is 1. The van der Waals surface area contributed by atoms with Crippen molar-refractivity contribution in [1.29, 1.82) is 0 Å². The highest BCUT2D eigenvalue weighted by molar-refractivity contribution is 5.97. The summed E-state index contributed by atoms with van der Waals surface area (Å²) in [6, 6.07) is 4.38. The first kappa shape index (κ1) is 16.3. The number of aromatic hydroxyl groups is 2. The minimum Gasteiger partial charge on any atom is -0.504 e. The number of hydrogen-bond acceptors (Lipinski definition) is 3. The number of phenolic OH excluding ortho intramolecular Hbond substituents is 2. The lowest BCUT2D eigenvalue weighted by atomic mass is 10.0. The third-order valence-corrected chi connectivity index (χ3v) is 3.25. The Kier molecular flexibility index (Phi) is 6.91. The summed E-state index contributed by atoms with van der Waals surface area (Å²) in [4.78, 5) is 11.8. The van der Waals surface area contributed by atoms with Gasteiger partial charge in [0.25, 0.3) is 5.91 Å². The second-order valence-electron chi connectivity index (χ2n) is 5.53. The average molecular weight is 279 g/mol. The van der Waals surface area contributed by atoms with Crippen molar-refractivity contribution in [3.05, 3.63) is 23.8 Å². The molecule has 0 aromatic heterocycles. The van der Waals surface area contributed by atoms with E-state index in [4.69, 9.17) is 0 Å². The van der Waals surface area contributed by atoms with E-state index in [1.807, 2.05) is 0 Å². The van der Waals surface area contributed by atoms with Gasteiger partial charge in [0, 0.05) is 6.54 Å². The van der Waals surface area contributed by atoms with Gasteiger partial charge in [-0.05, 0) is 24.5 Å². The average Bonchev–Trinajstić information content (AvgIpc) is 2.40. The fourth-order valence-electron chi connectivity index (χ4n) is 2.04. The van der Waals surface area contributed by atoms with Crippen LogP contribution in [0.3, 0.4) is 0 Å². The molecule has 1 aromatic rings. The number of benzene rings is 1. The van der Waals surface area contributed by atoms with Gasteiger partial charge in [-0.3, -0.25) is 4.79 Å². The number of hydrogen-bond donors (Lipinski definition) is 3. The molecule has 4 heteroatoms. The van der Waals surface area contributed by atoms with E-state index < -0.39 is 0 Å². The zero-order chi connectivity index (χ0) is 15.0. The molecule has 112 valence electrons. The quantitative estimate of drug-likeness (QED) is 0.504. The minimum atomic E-state index is -0.359. The van der Waals surface area contributed by atoms with E-state index in [0.29, 0.717) is 6.54 Å². The largest absolute Gasteiger partial charge is 0.504 e. The lowest BCUT2D eigenvalue weighted by Gasteiger charge is -2.08. The summed E-state index contributed by atoms with van der Waals surface area (Å²) < 4.78 is 0. The van der Waals surface area contributed by atoms with E-state index in [1.165, 1.54) is 37.5 Å². The number of unbranched alkanes of at least 4 members (excludes halogenated alkanes) is 3. The molecule has 3 N–H and O–H groups in total. The summed E-state index contributed by atoms with van der Waals surface area (Å²) in [5.41, 5.74) is 0.116. The van der Waals surface area contributed by atoms with Crippen molar-refractivity contribution < 1.29 is 15.0 Å². The first-order chi connectivity index (χ1) is 9.52. The number of amides is 1. The summed E-state index contributed by atoms with van der Waals surface area (Å²) in [5.74, 6) is -0.225. The summed E-state index contributed by atoms with van der Waals surface area (Å²) in [6.07, 6.45) is 5.70. The lowest BCUT2D eigenvalue weighted by Crippen LogP contribution is -2.24. The maximum atomic E-state index is 11.8. The van der Waals surface area contributed by atoms with Gasteiger partial charge in [0.15, 0.2) is 11.5 Å². The number of nitrogens with one attached hydrogen (secondary N) is 1. The fraction of sp³-hybridized carbons (Fsp3) is 0.562. The molecule has 0 heterocycles. The Hall–Kier alpha value is -1.71. The molecule has 20 heavy (non-hydrogen) atoms. The molecule has 0 saturated carbocycles. The van der Waals surface area contributed by atoms with Crippen molar-refractivity contribution in [2.24, 2.45) is 5.92 Å². The van der Waals surface area contributed by atoms with E-state index in [2.05, 4.69) is 19.2 Å². The first-order valence-corrected chi connectivity index (χ1v) is 7.31. The Morgan fingerprint density at radius 1 is 1.15 bits per heavy atom. The minimum absolute atomic E-state index is 0.116. The molecular weight excluding hydrogens is 254 g/mol. The van der Waals surface area contributed by atoms with Crippen LogP contribution in [-0.4, -0.2) is 22.7 Å². The highest BCUT2D eigenvalue weighted by Gasteiger charge is 2.12. The Bertz CT molecular complexity index is 430. The molecule has 1 rings (SSSR count). The summed E-state index contributed by atoms with van der Waals surface area (Å²) in [7, 11) is 0. The predicted octanol–water partition coefficient (Wildman–Crippen LogP) is 3.43. The molecule has 0 atom stereocenters. The molecule has 0 bridgehead atoms. The van der Waals surface area contributed by atoms with E-state index in [9.17, 15) is 15.0 Å². The molecular formula is C16H25NO3. The number of carbonyl (C=O) groups is 1. The van der Waals surface area contributed by atoms with Gasteiger partial charge in [0.1, 0.15) is 0 Å². The van der Waals surface area contributed by atoms with E-state index >= 15 is 0 Å². The number of carbonyl (C=O) groups excluding carboxylic acids is 1. The molecule has 1 amide bonds. The summed E-state index contributed by atoms with van der Waals surface area (Å²) in [5, 5.41) is 21.7. The Balaban J connectivity index is 2.22. The highest BCUT2D eigenvalue weighted by Crippen LogP contribution is 2.27. The van der Waals surface area contributed by atoms with Crippen molar-refractivity contribution in [2.45, 2.75) is 46.0 Å². The van der Waals surface area contributed by atoms with Crippen LogP contribution in [-0.2, 0) is 0 Å². The third kappa shape index (κ3) is 5.51. The molecule has 0 unspecified atom stereocenters. The van der Waals surface area contributed by atoms with Gasteiger partial charge in [0.05, 0.1) is 5.56 Å². The van der Waals surface area contributed by atoms with Crippen molar-refractivity contribution in [1.82, 2.24) is 5.32 Å². The van der Waals surface area contributed by atoms with E-state index in [-0.39, 0.29) is 23.0 Å². The molecule has 4 nitrogen and oxygen atoms in total. The van der Waals surface area contributed by atoms with Crippen molar-refractivity contribution >= 4 is 5.91 Å². The van der Waals surface area contributed by atoms with Crippen LogP contribution in [0.1, 0.15) is 56.3 Å². The van der Waals surface area contributed by atoms with Gasteiger partial charge in [0.2, 0.25) is 0 Å². The monoisotopic (exact) mass is 279 g/mol. The molecule has 0 aliphatic heterocycles. The topological polar surface area (TPSA) is 69.6 Å². The van der Waals surface area contributed by atoms with Crippen LogP contribution in [0, 0.1) is 5.92 Å². The molecule has 0 aliphatic carbocycles. The van der Waals surface area contributed by atoms with Crippen LogP contribution in [0.25, 0.3) is 0 Å². The van der Waals surface area contributed by atoms with Crippen molar-refractivity contribution in [3.63, 3.8) is 0 Å². The first-order valence-electron chi connectivity index (χ1n) is 7.31. The molecule has 0 saturated heterocycles. The van der Waals surface area contributed by atoms with E-state index in [0.717, 1.165) is 18.8 Å². The van der Waals surface area contributed by atoms with Crippen LogP contribution in [0.4, 0.5) is 0 Å². The van der Waals surface area contributed by atoms with Crippen molar-refractivity contribution in [2.75, 3.05) is 6.54 Å².